The molecule has 2 rings (SSSR count). The van der Waals surface area contributed by atoms with Gasteiger partial charge < -0.3 is 0 Å². The molecule has 2 aliphatic carbocycles. The van der Waals surface area contributed by atoms with E-state index in [-0.39, 0.29) is 0 Å². The Hall–Kier alpha value is -0.260. The van der Waals surface area contributed by atoms with Gasteiger partial charge in [-0.2, -0.15) is 0 Å². The van der Waals surface area contributed by atoms with Crippen molar-refractivity contribution in [1.82, 2.24) is 0 Å². The van der Waals surface area contributed by atoms with Crippen LogP contribution in [0.5, 0.6) is 0 Å². The summed E-state index contributed by atoms with van der Waals surface area (Å²) in [6.07, 6.45) is 5.81. The predicted molar refractivity (Wildman–Crippen MR) is 43.8 cm³/mol. The van der Waals surface area contributed by atoms with E-state index in [0.29, 0.717) is 0 Å². The zero-order chi connectivity index (χ0) is 7.14. The number of fused-ring (bicyclic) bond motifs is 2. The van der Waals surface area contributed by atoms with Crippen molar-refractivity contribution in [2.45, 2.75) is 39.5 Å². The molecule has 0 aromatic rings. The quantitative estimate of drug-likeness (QED) is 0.486. The Labute approximate surface area is 63.3 Å². The van der Waals surface area contributed by atoms with Crippen molar-refractivity contribution in [1.29, 1.82) is 0 Å². The molecule has 0 heterocycles. The SMILES string of the molecule is CC(C)C1=C2CCC(C2)C1. The maximum atomic E-state index is 2.34. The minimum atomic E-state index is 0.834. The van der Waals surface area contributed by atoms with Crippen LogP contribution in [-0.4, -0.2) is 0 Å². The van der Waals surface area contributed by atoms with E-state index in [9.17, 15) is 0 Å². The standard InChI is InChI=1S/C10H16/c1-7(2)10-6-8-3-4-9(10)5-8/h7-8H,3-6H2,1-2H3. The Morgan fingerprint density at radius 1 is 1.30 bits per heavy atom. The van der Waals surface area contributed by atoms with E-state index < -0.39 is 0 Å². The fourth-order valence-corrected chi connectivity index (χ4v) is 2.50. The first-order valence-electron chi connectivity index (χ1n) is 4.48. The Bertz CT molecular complexity index is 174. The van der Waals surface area contributed by atoms with Crippen LogP contribution < -0.4 is 0 Å². The fourth-order valence-electron chi connectivity index (χ4n) is 2.50. The molecule has 0 radical (unpaired) electrons. The number of hydrogen-bond donors (Lipinski definition) is 0. The summed E-state index contributed by atoms with van der Waals surface area (Å²) in [6.45, 7) is 4.67. The molecule has 1 atom stereocenters. The predicted octanol–water partition coefficient (Wildman–Crippen LogP) is 3.14. The molecule has 0 aromatic heterocycles. The molecule has 0 spiro atoms. The lowest BCUT2D eigenvalue weighted by Crippen LogP contribution is -1.99. The third-order valence-electron chi connectivity index (χ3n) is 3.05. The Morgan fingerprint density at radius 3 is 2.40 bits per heavy atom. The molecule has 1 unspecified atom stereocenters. The molecule has 0 amide bonds. The van der Waals surface area contributed by atoms with Crippen molar-refractivity contribution < 1.29 is 0 Å². The molecule has 1 fully saturated rings. The molecule has 0 aromatic carbocycles. The van der Waals surface area contributed by atoms with Gasteiger partial charge in [0.2, 0.25) is 0 Å². The van der Waals surface area contributed by atoms with Gasteiger partial charge in [0.15, 0.2) is 0 Å². The van der Waals surface area contributed by atoms with Crippen LogP contribution in [0.1, 0.15) is 39.5 Å². The molecule has 1 saturated carbocycles. The molecular formula is C10H16. The van der Waals surface area contributed by atoms with Crippen LogP contribution in [0.15, 0.2) is 11.1 Å². The number of rotatable bonds is 1. The molecule has 0 N–H and O–H groups in total. The van der Waals surface area contributed by atoms with Gasteiger partial charge in [0.25, 0.3) is 0 Å². The van der Waals surface area contributed by atoms with Crippen LogP contribution in [0.2, 0.25) is 0 Å². The Kier molecular flexibility index (Phi) is 1.36. The smallest absolute Gasteiger partial charge is 0.0257 e. The van der Waals surface area contributed by atoms with Crippen molar-refractivity contribution in [2.75, 3.05) is 0 Å². The molecule has 0 saturated heterocycles. The molecule has 0 nitrogen and oxygen atoms in total. The third kappa shape index (κ3) is 0.817. The van der Waals surface area contributed by atoms with Crippen molar-refractivity contribution in [3.05, 3.63) is 11.1 Å². The van der Waals surface area contributed by atoms with Crippen LogP contribution in [0.4, 0.5) is 0 Å². The zero-order valence-electron chi connectivity index (χ0n) is 6.98. The van der Waals surface area contributed by atoms with Crippen molar-refractivity contribution >= 4 is 0 Å². The van der Waals surface area contributed by atoms with Crippen LogP contribution in [-0.2, 0) is 0 Å². The molecule has 0 aliphatic heterocycles. The highest BCUT2D eigenvalue weighted by Crippen LogP contribution is 2.46. The van der Waals surface area contributed by atoms with Gasteiger partial charge in [0, 0.05) is 0 Å². The monoisotopic (exact) mass is 136 g/mol. The second kappa shape index (κ2) is 2.11. The van der Waals surface area contributed by atoms with E-state index in [4.69, 9.17) is 0 Å². The van der Waals surface area contributed by atoms with Crippen LogP contribution in [0.25, 0.3) is 0 Å². The lowest BCUT2D eigenvalue weighted by atomic mass is 9.92. The molecule has 0 heteroatoms. The van der Waals surface area contributed by atoms with E-state index in [2.05, 4.69) is 13.8 Å². The summed E-state index contributed by atoms with van der Waals surface area (Å²) >= 11 is 0. The summed E-state index contributed by atoms with van der Waals surface area (Å²) in [5.41, 5.74) is 3.62. The van der Waals surface area contributed by atoms with Gasteiger partial charge >= 0.3 is 0 Å². The maximum absolute atomic E-state index is 2.34. The minimum Gasteiger partial charge on any atom is -0.0704 e. The molecular weight excluding hydrogens is 120 g/mol. The summed E-state index contributed by atoms with van der Waals surface area (Å²) < 4.78 is 0. The zero-order valence-corrected chi connectivity index (χ0v) is 6.98. The van der Waals surface area contributed by atoms with Gasteiger partial charge in [-0.3, -0.25) is 0 Å². The van der Waals surface area contributed by atoms with Gasteiger partial charge in [-0.05, 0) is 37.5 Å². The van der Waals surface area contributed by atoms with Crippen molar-refractivity contribution in [3.63, 3.8) is 0 Å². The van der Waals surface area contributed by atoms with E-state index in [1.807, 2.05) is 5.57 Å². The van der Waals surface area contributed by atoms with E-state index >= 15 is 0 Å². The first-order valence-corrected chi connectivity index (χ1v) is 4.48. The van der Waals surface area contributed by atoms with Gasteiger partial charge in [-0.1, -0.05) is 25.0 Å². The van der Waals surface area contributed by atoms with Crippen LogP contribution in [0, 0.1) is 11.8 Å². The van der Waals surface area contributed by atoms with E-state index in [1.54, 1.807) is 5.57 Å². The average Bonchev–Trinajstić information content (AvgIpc) is 2.44. The first kappa shape index (κ1) is 6.45. The lowest BCUT2D eigenvalue weighted by molar-refractivity contribution is 0.534. The fraction of sp³-hybridized carbons (Fsp3) is 0.800. The summed E-state index contributed by atoms with van der Waals surface area (Å²) in [5.74, 6) is 1.90. The minimum absolute atomic E-state index is 0.834. The largest absolute Gasteiger partial charge is 0.0704 e. The van der Waals surface area contributed by atoms with Crippen molar-refractivity contribution in [2.24, 2.45) is 11.8 Å². The average molecular weight is 136 g/mol. The Balaban J connectivity index is 2.22. The van der Waals surface area contributed by atoms with Gasteiger partial charge in [-0.25, -0.2) is 0 Å². The second-order valence-electron chi connectivity index (χ2n) is 4.10. The van der Waals surface area contributed by atoms with Gasteiger partial charge in [0.1, 0.15) is 0 Å². The molecule has 2 aliphatic rings. The highest BCUT2D eigenvalue weighted by molar-refractivity contribution is 5.26. The number of hydrogen-bond acceptors (Lipinski definition) is 0. The molecule has 10 heavy (non-hydrogen) atoms. The van der Waals surface area contributed by atoms with Crippen LogP contribution in [0.3, 0.4) is 0 Å². The summed E-state index contributed by atoms with van der Waals surface area (Å²) in [7, 11) is 0. The van der Waals surface area contributed by atoms with Crippen molar-refractivity contribution in [3.8, 4) is 0 Å². The summed E-state index contributed by atoms with van der Waals surface area (Å²) in [5, 5.41) is 0. The van der Waals surface area contributed by atoms with Gasteiger partial charge in [0.05, 0.1) is 0 Å². The summed E-state index contributed by atoms with van der Waals surface area (Å²) in [6, 6.07) is 0. The first-order chi connectivity index (χ1) is 4.77. The molecule has 2 bridgehead atoms. The van der Waals surface area contributed by atoms with Gasteiger partial charge in [-0.15, -0.1) is 0 Å². The lowest BCUT2D eigenvalue weighted by Gasteiger charge is -2.14. The highest BCUT2D eigenvalue weighted by Gasteiger charge is 2.30. The topological polar surface area (TPSA) is 0 Å². The normalized spacial score (nSPS) is 30.9. The number of allylic oxidation sites excluding steroid dienone is 2. The van der Waals surface area contributed by atoms with E-state index in [0.717, 1.165) is 11.8 Å². The third-order valence-corrected chi connectivity index (χ3v) is 3.05. The summed E-state index contributed by atoms with van der Waals surface area (Å²) in [4.78, 5) is 0. The Morgan fingerprint density at radius 2 is 2.10 bits per heavy atom. The molecule has 56 valence electrons. The van der Waals surface area contributed by atoms with E-state index in [1.165, 1.54) is 25.7 Å². The van der Waals surface area contributed by atoms with Crippen LogP contribution >= 0.6 is 0 Å². The maximum Gasteiger partial charge on any atom is -0.0257 e. The second-order valence-corrected chi connectivity index (χ2v) is 4.10. The highest BCUT2D eigenvalue weighted by atomic mass is 14.4.